The van der Waals surface area contributed by atoms with Crippen molar-refractivity contribution in [3.8, 4) is 5.75 Å². The topological polar surface area (TPSA) is 27.1 Å². The Bertz CT molecular complexity index is 534. The highest BCUT2D eigenvalue weighted by molar-refractivity contribution is 6.17. The van der Waals surface area contributed by atoms with E-state index in [1.54, 1.807) is 24.0 Å². The van der Waals surface area contributed by atoms with Crippen molar-refractivity contribution in [3.63, 3.8) is 0 Å². The number of hydrogen-bond acceptors (Lipinski definition) is 2. The van der Waals surface area contributed by atoms with Crippen LogP contribution in [0.1, 0.15) is 11.3 Å². The van der Waals surface area contributed by atoms with Crippen molar-refractivity contribution in [2.75, 3.05) is 0 Å². The molecule has 2 rings (SSSR count). The second kappa shape index (κ2) is 5.35. The second-order valence-electron chi connectivity index (χ2n) is 3.79. The molecule has 0 saturated carbocycles. The van der Waals surface area contributed by atoms with E-state index >= 15 is 0 Å². The molecule has 0 aliphatic rings. The zero-order chi connectivity index (χ0) is 13.1. The highest BCUT2D eigenvalue weighted by Crippen LogP contribution is 2.24. The molecule has 0 amide bonds. The van der Waals surface area contributed by atoms with Gasteiger partial charge in [-0.05, 0) is 23.8 Å². The number of alkyl halides is 1. The van der Waals surface area contributed by atoms with Gasteiger partial charge in [0.1, 0.15) is 6.61 Å². The van der Waals surface area contributed by atoms with Crippen molar-refractivity contribution in [1.82, 2.24) is 9.78 Å². The van der Waals surface area contributed by atoms with E-state index in [-0.39, 0.29) is 12.5 Å². The lowest BCUT2D eigenvalue weighted by molar-refractivity contribution is 0.269. The average Bonchev–Trinajstić information content (AvgIpc) is 2.73. The molecule has 0 atom stereocenters. The highest BCUT2D eigenvalue weighted by atomic mass is 35.5. The van der Waals surface area contributed by atoms with Crippen LogP contribution in [0.5, 0.6) is 5.75 Å². The van der Waals surface area contributed by atoms with Crippen LogP contribution in [0.25, 0.3) is 0 Å². The van der Waals surface area contributed by atoms with Gasteiger partial charge in [-0.1, -0.05) is 0 Å². The first kappa shape index (κ1) is 12.8. The van der Waals surface area contributed by atoms with Gasteiger partial charge in [0.15, 0.2) is 17.4 Å². The molecule has 0 spiro atoms. The van der Waals surface area contributed by atoms with Gasteiger partial charge in [-0.3, -0.25) is 4.68 Å². The molecule has 2 aromatic rings. The van der Waals surface area contributed by atoms with E-state index in [2.05, 4.69) is 5.10 Å². The van der Waals surface area contributed by atoms with Crippen molar-refractivity contribution >= 4 is 11.6 Å². The van der Waals surface area contributed by atoms with Crippen LogP contribution >= 0.6 is 11.6 Å². The number of ether oxygens (including phenoxy) is 1. The lowest BCUT2D eigenvalue weighted by atomic mass is 10.2. The summed E-state index contributed by atoms with van der Waals surface area (Å²) in [6.07, 6.45) is 1.72. The summed E-state index contributed by atoms with van der Waals surface area (Å²) < 4.78 is 33.8. The molecule has 0 aliphatic carbocycles. The maximum absolute atomic E-state index is 13.6. The number of aromatic nitrogens is 2. The highest BCUT2D eigenvalue weighted by Gasteiger charge is 2.13. The second-order valence-corrected chi connectivity index (χ2v) is 4.06. The van der Waals surface area contributed by atoms with Crippen LogP contribution in [0, 0.1) is 11.6 Å². The molecule has 0 unspecified atom stereocenters. The van der Waals surface area contributed by atoms with Gasteiger partial charge < -0.3 is 4.74 Å². The molecule has 3 nitrogen and oxygen atoms in total. The van der Waals surface area contributed by atoms with E-state index in [1.807, 2.05) is 0 Å². The summed E-state index contributed by atoms with van der Waals surface area (Å²) in [6, 6.07) is 4.02. The van der Waals surface area contributed by atoms with Crippen LogP contribution in [0.15, 0.2) is 24.4 Å². The normalized spacial score (nSPS) is 10.7. The first-order valence-corrected chi connectivity index (χ1v) is 5.79. The third kappa shape index (κ3) is 2.79. The van der Waals surface area contributed by atoms with Crippen molar-refractivity contribution in [2.24, 2.45) is 7.05 Å². The molecular weight excluding hydrogens is 262 g/mol. The summed E-state index contributed by atoms with van der Waals surface area (Å²) in [6.45, 7) is 0.00883. The quantitative estimate of drug-likeness (QED) is 0.800. The van der Waals surface area contributed by atoms with Crippen LogP contribution < -0.4 is 4.74 Å². The van der Waals surface area contributed by atoms with Gasteiger partial charge in [0, 0.05) is 19.1 Å². The number of halogens is 3. The van der Waals surface area contributed by atoms with Crippen molar-refractivity contribution < 1.29 is 13.5 Å². The van der Waals surface area contributed by atoms with Crippen LogP contribution in [-0.4, -0.2) is 9.78 Å². The molecule has 0 saturated heterocycles. The molecule has 0 N–H and O–H groups in total. The van der Waals surface area contributed by atoms with Gasteiger partial charge in [0.25, 0.3) is 0 Å². The Kier molecular flexibility index (Phi) is 3.81. The molecule has 1 aromatic carbocycles. The number of benzene rings is 1. The maximum atomic E-state index is 13.6. The number of rotatable bonds is 4. The van der Waals surface area contributed by atoms with Gasteiger partial charge in [-0.25, -0.2) is 8.78 Å². The van der Waals surface area contributed by atoms with Crippen LogP contribution in [0.3, 0.4) is 0 Å². The molecule has 0 aliphatic heterocycles. The number of hydrogen-bond donors (Lipinski definition) is 0. The molecule has 6 heteroatoms. The first-order valence-electron chi connectivity index (χ1n) is 5.25. The molecular formula is C12H11ClF2N2O. The van der Waals surface area contributed by atoms with Gasteiger partial charge in [0.2, 0.25) is 0 Å². The Balaban J connectivity index is 2.14. The molecule has 0 fully saturated rings. The van der Waals surface area contributed by atoms with E-state index in [0.29, 0.717) is 11.3 Å². The SMILES string of the molecule is Cn1ccc(COc2c(F)cc(CCl)cc2F)n1. The minimum atomic E-state index is -0.762. The zero-order valence-corrected chi connectivity index (χ0v) is 10.4. The van der Waals surface area contributed by atoms with Gasteiger partial charge >= 0.3 is 0 Å². The van der Waals surface area contributed by atoms with E-state index in [0.717, 1.165) is 12.1 Å². The zero-order valence-electron chi connectivity index (χ0n) is 9.66. The maximum Gasteiger partial charge on any atom is 0.191 e. The summed E-state index contributed by atoms with van der Waals surface area (Å²) in [5.41, 5.74) is 0.967. The molecule has 0 bridgehead atoms. The van der Waals surface area contributed by atoms with E-state index < -0.39 is 17.4 Å². The minimum absolute atomic E-state index is 0.00883. The molecule has 1 heterocycles. The van der Waals surface area contributed by atoms with Crippen molar-refractivity contribution in [1.29, 1.82) is 0 Å². The Morgan fingerprint density at radius 2 is 2.00 bits per heavy atom. The predicted molar refractivity (Wildman–Crippen MR) is 63.5 cm³/mol. The van der Waals surface area contributed by atoms with Gasteiger partial charge in [-0.2, -0.15) is 5.10 Å². The van der Waals surface area contributed by atoms with Crippen LogP contribution in [0.4, 0.5) is 8.78 Å². The summed E-state index contributed by atoms with van der Waals surface area (Å²) in [5, 5.41) is 4.04. The molecule has 96 valence electrons. The fraction of sp³-hybridized carbons (Fsp3) is 0.250. The third-order valence-corrected chi connectivity index (χ3v) is 2.65. The standard InChI is InChI=1S/C12H11ClF2N2O/c1-17-3-2-9(16-17)7-18-12-10(14)4-8(6-13)5-11(12)15/h2-5H,6-7H2,1H3. The summed E-state index contributed by atoms with van der Waals surface area (Å²) in [4.78, 5) is 0. The minimum Gasteiger partial charge on any atom is -0.481 e. The van der Waals surface area contributed by atoms with Crippen LogP contribution in [0.2, 0.25) is 0 Å². The van der Waals surface area contributed by atoms with E-state index in [1.165, 1.54) is 0 Å². The monoisotopic (exact) mass is 272 g/mol. The average molecular weight is 273 g/mol. The van der Waals surface area contributed by atoms with Crippen molar-refractivity contribution in [3.05, 3.63) is 47.3 Å². The molecule has 1 aromatic heterocycles. The number of nitrogens with zero attached hydrogens (tertiary/aromatic N) is 2. The number of aryl methyl sites for hydroxylation is 1. The Labute approximate surface area is 108 Å². The summed E-state index contributed by atoms with van der Waals surface area (Å²) >= 11 is 5.51. The smallest absolute Gasteiger partial charge is 0.191 e. The largest absolute Gasteiger partial charge is 0.481 e. The molecule has 0 radical (unpaired) electrons. The Morgan fingerprint density at radius 1 is 1.33 bits per heavy atom. The summed E-state index contributed by atoms with van der Waals surface area (Å²) in [7, 11) is 1.75. The van der Waals surface area contributed by atoms with Gasteiger partial charge in [0.05, 0.1) is 5.69 Å². The van der Waals surface area contributed by atoms with Crippen molar-refractivity contribution in [2.45, 2.75) is 12.5 Å². The molecule has 18 heavy (non-hydrogen) atoms. The Hall–Kier alpha value is -1.62. The van der Waals surface area contributed by atoms with Gasteiger partial charge in [-0.15, -0.1) is 11.6 Å². The van der Waals surface area contributed by atoms with E-state index in [4.69, 9.17) is 16.3 Å². The fourth-order valence-corrected chi connectivity index (χ4v) is 1.67. The summed E-state index contributed by atoms with van der Waals surface area (Å²) in [5.74, 6) is -1.88. The lowest BCUT2D eigenvalue weighted by Gasteiger charge is -2.08. The predicted octanol–water partition coefficient (Wildman–Crippen LogP) is 3.02. The first-order chi connectivity index (χ1) is 8.60. The Morgan fingerprint density at radius 3 is 2.50 bits per heavy atom. The van der Waals surface area contributed by atoms with E-state index in [9.17, 15) is 8.78 Å². The lowest BCUT2D eigenvalue weighted by Crippen LogP contribution is -2.02. The third-order valence-electron chi connectivity index (χ3n) is 2.35. The van der Waals surface area contributed by atoms with Crippen LogP contribution in [-0.2, 0) is 19.5 Å². The fourth-order valence-electron chi connectivity index (χ4n) is 1.51.